The summed E-state index contributed by atoms with van der Waals surface area (Å²) in [5, 5.41) is 9.22. The van der Waals surface area contributed by atoms with Gasteiger partial charge in [-0.15, -0.1) is 0 Å². The Hall–Kier alpha value is -1.88. The Labute approximate surface area is 119 Å². The van der Waals surface area contributed by atoms with E-state index >= 15 is 0 Å². The lowest BCUT2D eigenvalue weighted by molar-refractivity contribution is 0.0783. The van der Waals surface area contributed by atoms with Crippen LogP contribution < -0.4 is 0 Å². The van der Waals surface area contributed by atoms with E-state index in [0.717, 1.165) is 5.56 Å². The van der Waals surface area contributed by atoms with Gasteiger partial charge in [0.1, 0.15) is 10.4 Å². The molecule has 0 aliphatic carbocycles. The van der Waals surface area contributed by atoms with Crippen LogP contribution in [-0.2, 0) is 6.54 Å². The van der Waals surface area contributed by atoms with Crippen LogP contribution in [0.3, 0.4) is 0 Å². The summed E-state index contributed by atoms with van der Waals surface area (Å²) in [6.07, 6.45) is 1.63. The number of aromatic nitrogens is 1. The first kappa shape index (κ1) is 13.5. The van der Waals surface area contributed by atoms with Crippen LogP contribution in [0.4, 0.5) is 0 Å². The number of halogens is 1. The first-order valence-corrected chi connectivity index (χ1v) is 6.51. The van der Waals surface area contributed by atoms with Gasteiger partial charge in [0.25, 0.3) is 5.91 Å². The Morgan fingerprint density at radius 3 is 2.63 bits per heavy atom. The molecule has 0 radical (unpaired) electrons. The molecule has 1 amide bonds. The van der Waals surface area contributed by atoms with E-state index in [0.29, 0.717) is 16.7 Å². The summed E-state index contributed by atoms with van der Waals surface area (Å²) in [7, 11) is 1.73. The third-order valence-electron chi connectivity index (χ3n) is 2.69. The van der Waals surface area contributed by atoms with Crippen molar-refractivity contribution in [3.05, 3.63) is 58.3 Å². The third-order valence-corrected chi connectivity index (χ3v) is 3.32. The number of rotatable bonds is 3. The molecule has 0 saturated carbocycles. The van der Waals surface area contributed by atoms with E-state index in [9.17, 15) is 9.90 Å². The number of carbonyl (C=O) groups is 1. The Kier molecular flexibility index (Phi) is 4.16. The van der Waals surface area contributed by atoms with Crippen molar-refractivity contribution in [3.8, 4) is 5.75 Å². The van der Waals surface area contributed by atoms with Crippen molar-refractivity contribution in [1.29, 1.82) is 0 Å². The lowest BCUT2D eigenvalue weighted by atomic mass is 10.2. The van der Waals surface area contributed by atoms with Crippen LogP contribution in [0.15, 0.2) is 47.2 Å². The van der Waals surface area contributed by atoms with Crippen molar-refractivity contribution in [3.63, 3.8) is 0 Å². The number of phenols is 1. The highest BCUT2D eigenvalue weighted by Gasteiger charge is 2.15. The molecule has 98 valence electrons. The molecular weight excluding hydrogens is 308 g/mol. The van der Waals surface area contributed by atoms with Gasteiger partial charge in [-0.1, -0.05) is 12.1 Å². The van der Waals surface area contributed by atoms with Crippen molar-refractivity contribution < 1.29 is 9.90 Å². The summed E-state index contributed by atoms with van der Waals surface area (Å²) in [6, 6.07) is 10.2. The van der Waals surface area contributed by atoms with Crippen LogP contribution in [0.1, 0.15) is 15.9 Å². The molecule has 0 bridgehead atoms. The minimum atomic E-state index is -0.104. The fourth-order valence-electron chi connectivity index (χ4n) is 1.70. The van der Waals surface area contributed by atoms with Crippen LogP contribution in [0.2, 0.25) is 0 Å². The molecule has 0 atom stereocenters. The molecule has 1 N–H and O–H groups in total. The summed E-state index contributed by atoms with van der Waals surface area (Å²) in [6.45, 7) is 0.473. The van der Waals surface area contributed by atoms with Crippen LogP contribution in [0.25, 0.3) is 0 Å². The second-order valence-electron chi connectivity index (χ2n) is 4.17. The molecule has 4 nitrogen and oxygen atoms in total. The number of hydrogen-bond donors (Lipinski definition) is 1. The number of pyridine rings is 1. The van der Waals surface area contributed by atoms with E-state index in [1.807, 2.05) is 0 Å². The molecule has 0 saturated heterocycles. The van der Waals surface area contributed by atoms with Gasteiger partial charge in [-0.3, -0.25) is 4.79 Å². The summed E-state index contributed by atoms with van der Waals surface area (Å²) in [5.41, 5.74) is 1.48. The molecule has 1 aromatic heterocycles. The lowest BCUT2D eigenvalue weighted by Gasteiger charge is -2.17. The molecule has 0 aliphatic heterocycles. The van der Waals surface area contributed by atoms with E-state index in [-0.39, 0.29) is 11.7 Å². The highest BCUT2D eigenvalue weighted by Crippen LogP contribution is 2.16. The molecule has 0 fully saturated rings. The van der Waals surface area contributed by atoms with E-state index < -0.39 is 0 Å². The van der Waals surface area contributed by atoms with Gasteiger partial charge < -0.3 is 10.0 Å². The Balaban J connectivity index is 2.12. The van der Waals surface area contributed by atoms with E-state index in [2.05, 4.69) is 20.9 Å². The van der Waals surface area contributed by atoms with Gasteiger partial charge >= 0.3 is 0 Å². The zero-order valence-corrected chi connectivity index (χ0v) is 12.0. The monoisotopic (exact) mass is 320 g/mol. The van der Waals surface area contributed by atoms with Crippen molar-refractivity contribution in [2.45, 2.75) is 6.54 Å². The lowest BCUT2D eigenvalue weighted by Crippen LogP contribution is -2.26. The number of hydrogen-bond acceptors (Lipinski definition) is 3. The number of aromatic hydroxyl groups is 1. The summed E-state index contributed by atoms with van der Waals surface area (Å²) < 4.78 is 0.539. The Bertz CT molecular complexity index is 584. The molecule has 0 unspecified atom stereocenters. The first-order chi connectivity index (χ1) is 9.08. The second-order valence-corrected chi connectivity index (χ2v) is 4.92. The second kappa shape index (κ2) is 5.84. The van der Waals surface area contributed by atoms with Gasteiger partial charge in [-0.2, -0.15) is 0 Å². The van der Waals surface area contributed by atoms with Gasteiger partial charge in [0.05, 0.1) is 5.56 Å². The largest absolute Gasteiger partial charge is 0.508 e. The molecular formula is C14H13BrN2O2. The molecule has 1 heterocycles. The van der Waals surface area contributed by atoms with Crippen molar-refractivity contribution in [1.82, 2.24) is 9.88 Å². The smallest absolute Gasteiger partial charge is 0.256 e. The van der Waals surface area contributed by atoms with Gasteiger partial charge in [-0.05, 0) is 45.8 Å². The predicted molar refractivity (Wildman–Crippen MR) is 75.8 cm³/mol. The molecule has 0 aliphatic rings. The normalized spacial score (nSPS) is 10.2. The summed E-state index contributed by atoms with van der Waals surface area (Å²) in [5.74, 6) is 0.112. The van der Waals surface area contributed by atoms with Crippen LogP contribution in [0.5, 0.6) is 5.75 Å². The quantitative estimate of drug-likeness (QED) is 0.885. The van der Waals surface area contributed by atoms with E-state index in [1.165, 1.54) is 0 Å². The van der Waals surface area contributed by atoms with Gasteiger partial charge in [0, 0.05) is 19.8 Å². The molecule has 2 rings (SSSR count). The minimum absolute atomic E-state index is 0.104. The predicted octanol–water partition coefficient (Wildman–Crippen LogP) is 2.82. The van der Waals surface area contributed by atoms with Crippen LogP contribution in [-0.4, -0.2) is 27.9 Å². The summed E-state index contributed by atoms with van der Waals surface area (Å²) >= 11 is 3.27. The Morgan fingerprint density at radius 1 is 1.32 bits per heavy atom. The first-order valence-electron chi connectivity index (χ1n) is 5.72. The topological polar surface area (TPSA) is 53.4 Å². The van der Waals surface area contributed by atoms with Crippen LogP contribution in [0, 0.1) is 0 Å². The van der Waals surface area contributed by atoms with Gasteiger partial charge in [-0.25, -0.2) is 4.98 Å². The van der Waals surface area contributed by atoms with Crippen LogP contribution >= 0.6 is 15.9 Å². The maximum Gasteiger partial charge on any atom is 0.256 e. The molecule has 1 aromatic carbocycles. The fourth-order valence-corrected chi connectivity index (χ4v) is 2.12. The zero-order chi connectivity index (χ0) is 13.8. The third kappa shape index (κ3) is 3.32. The molecule has 0 spiro atoms. The summed E-state index contributed by atoms with van der Waals surface area (Å²) in [4.78, 5) is 17.9. The maximum atomic E-state index is 12.2. The van der Waals surface area contributed by atoms with Crippen molar-refractivity contribution in [2.24, 2.45) is 0 Å². The standard InChI is InChI=1S/C14H13BrN2O2/c1-17(9-10-4-6-11(18)7-5-10)14(19)12-3-2-8-16-13(12)15/h2-8,18H,9H2,1H3. The highest BCUT2D eigenvalue weighted by atomic mass is 79.9. The van der Waals surface area contributed by atoms with E-state index in [1.54, 1.807) is 54.5 Å². The molecule has 19 heavy (non-hydrogen) atoms. The average molecular weight is 321 g/mol. The number of amides is 1. The number of carbonyl (C=O) groups excluding carboxylic acids is 1. The number of benzene rings is 1. The average Bonchev–Trinajstić information content (AvgIpc) is 2.41. The number of phenolic OH excluding ortho intramolecular Hbond substituents is 1. The van der Waals surface area contributed by atoms with Gasteiger partial charge in [0.15, 0.2) is 0 Å². The van der Waals surface area contributed by atoms with E-state index in [4.69, 9.17) is 0 Å². The Morgan fingerprint density at radius 2 is 2.00 bits per heavy atom. The molecule has 2 aromatic rings. The van der Waals surface area contributed by atoms with Crippen molar-refractivity contribution >= 4 is 21.8 Å². The minimum Gasteiger partial charge on any atom is -0.508 e. The van der Waals surface area contributed by atoms with Crippen molar-refractivity contribution in [2.75, 3.05) is 7.05 Å². The highest BCUT2D eigenvalue weighted by molar-refractivity contribution is 9.10. The maximum absolute atomic E-state index is 12.2. The zero-order valence-electron chi connectivity index (χ0n) is 10.4. The molecule has 5 heteroatoms. The SMILES string of the molecule is CN(Cc1ccc(O)cc1)C(=O)c1cccnc1Br. The fraction of sp³-hybridized carbons (Fsp3) is 0.143. The van der Waals surface area contributed by atoms with Gasteiger partial charge in [0.2, 0.25) is 0 Å². The number of nitrogens with zero attached hydrogens (tertiary/aromatic N) is 2.